The van der Waals surface area contributed by atoms with E-state index < -0.39 is 6.10 Å². The van der Waals surface area contributed by atoms with E-state index in [0.29, 0.717) is 19.3 Å². The van der Waals surface area contributed by atoms with E-state index in [4.69, 9.17) is 14.2 Å². The van der Waals surface area contributed by atoms with Gasteiger partial charge in [0.15, 0.2) is 6.10 Å². The summed E-state index contributed by atoms with van der Waals surface area (Å²) in [4.78, 5) is 38.0. The van der Waals surface area contributed by atoms with Crippen LogP contribution in [0.5, 0.6) is 0 Å². The minimum absolute atomic E-state index is 0.109. The van der Waals surface area contributed by atoms with Gasteiger partial charge in [0, 0.05) is 19.3 Å². The van der Waals surface area contributed by atoms with Gasteiger partial charge >= 0.3 is 17.9 Å². The van der Waals surface area contributed by atoms with Crippen LogP contribution in [0, 0.1) is 0 Å². The van der Waals surface area contributed by atoms with Gasteiger partial charge in [-0.2, -0.15) is 0 Å². The Balaban J connectivity index is 4.55. The molecular formula is C58H94O6. The normalized spacial score (nSPS) is 13.0. The van der Waals surface area contributed by atoms with Gasteiger partial charge in [0.2, 0.25) is 0 Å². The van der Waals surface area contributed by atoms with Gasteiger partial charge in [0.05, 0.1) is 0 Å². The molecule has 0 spiro atoms. The van der Waals surface area contributed by atoms with Gasteiger partial charge in [-0.05, 0) is 96.3 Å². The molecule has 64 heavy (non-hydrogen) atoms. The quantitative estimate of drug-likeness (QED) is 0.0262. The number of esters is 3. The van der Waals surface area contributed by atoms with Crippen molar-refractivity contribution in [1.29, 1.82) is 0 Å². The number of hydrogen-bond acceptors (Lipinski definition) is 6. The minimum Gasteiger partial charge on any atom is -0.462 e. The molecule has 0 heterocycles. The molecule has 0 aliphatic heterocycles. The smallest absolute Gasteiger partial charge is 0.306 e. The fraction of sp³-hybridized carbons (Fsp3) is 0.638. The summed E-state index contributed by atoms with van der Waals surface area (Å²) in [5.41, 5.74) is 0. The van der Waals surface area contributed by atoms with Gasteiger partial charge in [-0.3, -0.25) is 14.4 Å². The highest BCUT2D eigenvalue weighted by Crippen LogP contribution is 2.14. The van der Waals surface area contributed by atoms with Crippen LogP contribution in [0.1, 0.15) is 220 Å². The SMILES string of the molecule is CC/C=C\C/C=C\C/C=C\C/C=C\C/C=C\CCCC(=O)OCC(COC(=O)CCCCCCCCCCCCCCC)OC(=O)CCCCC/C=C\C/C=C\C/C=C\C/C=C\CC. The summed E-state index contributed by atoms with van der Waals surface area (Å²) >= 11 is 0. The van der Waals surface area contributed by atoms with Crippen LogP contribution >= 0.6 is 0 Å². The molecular weight excluding hydrogens is 793 g/mol. The fourth-order valence-electron chi connectivity index (χ4n) is 6.70. The topological polar surface area (TPSA) is 78.9 Å². The van der Waals surface area contributed by atoms with E-state index in [1.54, 1.807) is 0 Å². The fourth-order valence-corrected chi connectivity index (χ4v) is 6.70. The third kappa shape index (κ3) is 49.1. The first-order valence-corrected chi connectivity index (χ1v) is 25.9. The van der Waals surface area contributed by atoms with Crippen LogP contribution < -0.4 is 0 Å². The summed E-state index contributed by atoms with van der Waals surface area (Å²) in [6, 6.07) is 0. The van der Waals surface area contributed by atoms with Crippen molar-refractivity contribution in [1.82, 2.24) is 0 Å². The standard InChI is InChI=1S/C58H94O6/c1-4-7-10-13-16-19-22-25-27-29-31-33-36-39-42-45-48-51-57(60)63-54-55(53-62-56(59)50-47-44-41-38-35-32-24-21-18-15-12-9-6-3)64-58(61)52-49-46-43-40-37-34-30-28-26-23-20-17-14-11-8-5-2/h7-8,10-11,16-17,19-20,25-28,31,33-34,37,39,42,55H,4-6,9,12-15,18,21-24,29-30,32,35-36,38,40-41,43-54H2,1-3H3/b10-7-,11-8-,19-16-,20-17-,27-25-,28-26-,33-31-,37-34-,42-39-. The summed E-state index contributed by atoms with van der Waals surface area (Å²) in [6.07, 6.45) is 69.3. The highest BCUT2D eigenvalue weighted by Gasteiger charge is 2.19. The second-order valence-electron chi connectivity index (χ2n) is 16.7. The Morgan fingerprint density at radius 2 is 0.625 bits per heavy atom. The maximum atomic E-state index is 12.8. The van der Waals surface area contributed by atoms with E-state index in [0.717, 1.165) is 103 Å². The Morgan fingerprint density at radius 3 is 1.02 bits per heavy atom. The van der Waals surface area contributed by atoms with Crippen molar-refractivity contribution < 1.29 is 28.6 Å². The third-order valence-electron chi connectivity index (χ3n) is 10.5. The highest BCUT2D eigenvalue weighted by molar-refractivity contribution is 5.71. The molecule has 1 atom stereocenters. The maximum absolute atomic E-state index is 12.8. The Labute approximate surface area is 393 Å². The first kappa shape index (κ1) is 60.1. The molecule has 0 N–H and O–H groups in total. The van der Waals surface area contributed by atoms with Crippen molar-refractivity contribution in [3.05, 3.63) is 109 Å². The van der Waals surface area contributed by atoms with Crippen molar-refractivity contribution in [3.63, 3.8) is 0 Å². The lowest BCUT2D eigenvalue weighted by Crippen LogP contribution is -2.30. The van der Waals surface area contributed by atoms with E-state index in [-0.39, 0.29) is 44.0 Å². The largest absolute Gasteiger partial charge is 0.462 e. The average Bonchev–Trinajstić information content (AvgIpc) is 3.29. The van der Waals surface area contributed by atoms with Crippen LogP contribution in [-0.2, 0) is 28.6 Å². The summed E-state index contributed by atoms with van der Waals surface area (Å²) in [6.45, 7) is 6.32. The highest BCUT2D eigenvalue weighted by atomic mass is 16.6. The molecule has 362 valence electrons. The molecule has 0 fully saturated rings. The van der Waals surface area contributed by atoms with Crippen molar-refractivity contribution >= 4 is 17.9 Å². The molecule has 6 nitrogen and oxygen atoms in total. The number of ether oxygens (including phenoxy) is 3. The number of carbonyl (C=O) groups excluding carboxylic acids is 3. The van der Waals surface area contributed by atoms with Crippen LogP contribution in [0.25, 0.3) is 0 Å². The van der Waals surface area contributed by atoms with Crippen LogP contribution in [0.3, 0.4) is 0 Å². The lowest BCUT2D eigenvalue weighted by atomic mass is 10.0. The third-order valence-corrected chi connectivity index (χ3v) is 10.5. The van der Waals surface area contributed by atoms with Crippen molar-refractivity contribution in [2.75, 3.05) is 13.2 Å². The van der Waals surface area contributed by atoms with Crippen molar-refractivity contribution in [2.24, 2.45) is 0 Å². The predicted octanol–water partition coefficient (Wildman–Crippen LogP) is 17.1. The summed E-state index contributed by atoms with van der Waals surface area (Å²) in [7, 11) is 0. The molecule has 0 saturated heterocycles. The molecule has 0 aliphatic carbocycles. The number of carbonyl (C=O) groups is 3. The first-order valence-electron chi connectivity index (χ1n) is 25.9. The van der Waals surface area contributed by atoms with E-state index in [2.05, 4.69) is 130 Å². The lowest BCUT2D eigenvalue weighted by molar-refractivity contribution is -0.167. The number of rotatable bonds is 45. The van der Waals surface area contributed by atoms with Gasteiger partial charge in [-0.1, -0.05) is 214 Å². The van der Waals surface area contributed by atoms with E-state index >= 15 is 0 Å². The van der Waals surface area contributed by atoms with E-state index in [1.165, 1.54) is 64.2 Å². The molecule has 0 aromatic rings. The van der Waals surface area contributed by atoms with Crippen molar-refractivity contribution in [3.8, 4) is 0 Å². The second-order valence-corrected chi connectivity index (χ2v) is 16.7. The Kier molecular flexibility index (Phi) is 48.5. The Hall–Kier alpha value is -3.93. The van der Waals surface area contributed by atoms with Gasteiger partial charge in [-0.25, -0.2) is 0 Å². The number of unbranched alkanes of at least 4 members (excludes halogenated alkanes) is 16. The zero-order valence-corrected chi connectivity index (χ0v) is 41.3. The van der Waals surface area contributed by atoms with E-state index in [9.17, 15) is 14.4 Å². The van der Waals surface area contributed by atoms with Gasteiger partial charge in [0.25, 0.3) is 0 Å². The Bertz CT molecular complexity index is 1340. The van der Waals surface area contributed by atoms with Crippen LogP contribution in [-0.4, -0.2) is 37.2 Å². The average molecular weight is 887 g/mol. The molecule has 0 saturated carbocycles. The second kappa shape index (κ2) is 51.7. The summed E-state index contributed by atoms with van der Waals surface area (Å²) in [5.74, 6) is -1.01. The van der Waals surface area contributed by atoms with Crippen molar-refractivity contribution in [2.45, 2.75) is 226 Å². The van der Waals surface area contributed by atoms with Gasteiger partial charge in [0.1, 0.15) is 13.2 Å². The molecule has 0 rings (SSSR count). The molecule has 0 aliphatic rings. The first-order chi connectivity index (χ1) is 31.5. The minimum atomic E-state index is -0.817. The molecule has 1 unspecified atom stereocenters. The lowest BCUT2D eigenvalue weighted by Gasteiger charge is -2.18. The van der Waals surface area contributed by atoms with E-state index in [1.807, 2.05) is 0 Å². The van der Waals surface area contributed by atoms with Crippen LogP contribution in [0.2, 0.25) is 0 Å². The molecule has 0 bridgehead atoms. The zero-order valence-electron chi connectivity index (χ0n) is 41.3. The molecule has 0 aromatic heterocycles. The van der Waals surface area contributed by atoms with Crippen LogP contribution in [0.4, 0.5) is 0 Å². The van der Waals surface area contributed by atoms with Gasteiger partial charge in [-0.15, -0.1) is 0 Å². The zero-order chi connectivity index (χ0) is 46.5. The Morgan fingerprint density at radius 1 is 0.328 bits per heavy atom. The summed E-state index contributed by atoms with van der Waals surface area (Å²) in [5, 5.41) is 0. The monoisotopic (exact) mass is 887 g/mol. The van der Waals surface area contributed by atoms with Gasteiger partial charge < -0.3 is 14.2 Å². The molecule has 6 heteroatoms. The van der Waals surface area contributed by atoms with Crippen LogP contribution in [0.15, 0.2) is 109 Å². The number of hydrogen-bond donors (Lipinski definition) is 0. The predicted molar refractivity (Wildman–Crippen MR) is 274 cm³/mol. The molecule has 0 radical (unpaired) electrons. The maximum Gasteiger partial charge on any atom is 0.306 e. The number of allylic oxidation sites excluding steroid dienone is 18. The summed E-state index contributed by atoms with van der Waals surface area (Å²) < 4.78 is 16.7. The molecule has 0 amide bonds. The molecule has 0 aromatic carbocycles.